The summed E-state index contributed by atoms with van der Waals surface area (Å²) in [5.41, 5.74) is 2.86. The van der Waals surface area contributed by atoms with Crippen molar-refractivity contribution >= 4 is 15.8 Å². The second kappa shape index (κ2) is 20.1. The fraction of sp³-hybridized carbons (Fsp3) is 0.738. The Bertz CT molecular complexity index is 1220. The van der Waals surface area contributed by atoms with E-state index in [9.17, 15) is 13.0 Å². The fourth-order valence-corrected chi connectivity index (χ4v) is 9.74. The van der Waals surface area contributed by atoms with Gasteiger partial charge in [-0.05, 0) is 68.9 Å². The lowest BCUT2D eigenvalue weighted by Crippen LogP contribution is -2.64. The van der Waals surface area contributed by atoms with E-state index in [0.29, 0.717) is 5.54 Å². The summed E-state index contributed by atoms with van der Waals surface area (Å²) in [7, 11) is -4.27. The minimum absolute atomic E-state index is 0.178. The first kappa shape index (κ1) is 38.9. The molecule has 1 heterocycles. The van der Waals surface area contributed by atoms with Gasteiger partial charge in [0.15, 0.2) is 17.9 Å². The molecule has 4 fully saturated rings. The molecule has 0 unspecified atom stereocenters. The Hall–Kier alpha value is -1.92. The molecule has 48 heavy (non-hydrogen) atoms. The van der Waals surface area contributed by atoms with E-state index < -0.39 is 10.1 Å². The maximum Gasteiger partial charge on any atom is 0.171 e. The van der Waals surface area contributed by atoms with Crippen molar-refractivity contribution in [3.05, 3.63) is 54.4 Å². The molecule has 0 aliphatic heterocycles. The van der Waals surface area contributed by atoms with Crippen LogP contribution in [0, 0.1) is 24.7 Å². The summed E-state index contributed by atoms with van der Waals surface area (Å²) >= 11 is 0. The Labute approximate surface area is 295 Å². The third-order valence-electron chi connectivity index (χ3n) is 11.6. The number of hydrogen-bond donors (Lipinski definition) is 0. The standard InChI is InChI=1S/C35H61N2.C7H8O3S/c1-3-5-7-9-11-13-15-17-21-36(22-18-16-14-12-10-8-6-4-2)34-19-23-37(24-20-34)35-28-31-25-32(29-35)27-33(26-31)30-35;1-6-2-4-7(5-3-6)11(8,9)10/h19-20,23-24,31-33H,3-18,21-22,25-30H2,1-2H3;2-5H,1H3,(H,8,9,10)/q+1;/p-1. The van der Waals surface area contributed by atoms with E-state index in [1.807, 2.05) is 6.92 Å². The van der Waals surface area contributed by atoms with Crippen molar-refractivity contribution in [2.45, 2.75) is 172 Å². The first-order chi connectivity index (χ1) is 23.2. The van der Waals surface area contributed by atoms with Gasteiger partial charge in [-0.15, -0.1) is 0 Å². The molecule has 4 aliphatic rings. The van der Waals surface area contributed by atoms with Crippen LogP contribution in [0.1, 0.15) is 161 Å². The van der Waals surface area contributed by atoms with Gasteiger partial charge in [0.1, 0.15) is 10.1 Å². The molecule has 270 valence electrons. The summed E-state index contributed by atoms with van der Waals surface area (Å²) in [6.07, 6.45) is 36.5. The van der Waals surface area contributed by atoms with Gasteiger partial charge in [0.05, 0.1) is 4.90 Å². The molecule has 6 heteroatoms. The zero-order chi connectivity index (χ0) is 34.2. The molecule has 0 spiro atoms. The number of hydrogen-bond acceptors (Lipinski definition) is 4. The summed E-state index contributed by atoms with van der Waals surface area (Å²) in [5, 5.41) is 0. The number of aromatic nitrogens is 1. The molecule has 0 amide bonds. The maximum atomic E-state index is 10.4. The monoisotopic (exact) mass is 680 g/mol. The zero-order valence-corrected chi connectivity index (χ0v) is 31.7. The van der Waals surface area contributed by atoms with Crippen molar-refractivity contribution in [2.75, 3.05) is 18.0 Å². The molecule has 6 rings (SSSR count). The van der Waals surface area contributed by atoms with Crippen LogP contribution in [-0.2, 0) is 15.7 Å². The normalized spacial score (nSPS) is 22.8. The first-order valence-corrected chi connectivity index (χ1v) is 21.4. The van der Waals surface area contributed by atoms with Crippen LogP contribution in [0.15, 0.2) is 53.7 Å². The Morgan fingerprint density at radius 2 is 1.04 bits per heavy atom. The van der Waals surface area contributed by atoms with Crippen LogP contribution in [0.2, 0.25) is 0 Å². The van der Waals surface area contributed by atoms with Gasteiger partial charge in [0, 0.05) is 50.2 Å². The summed E-state index contributed by atoms with van der Waals surface area (Å²) in [5.74, 6) is 3.04. The van der Waals surface area contributed by atoms with Crippen LogP contribution in [0.3, 0.4) is 0 Å². The number of pyridine rings is 1. The second-order valence-electron chi connectivity index (χ2n) is 15.8. The average molecular weight is 681 g/mol. The van der Waals surface area contributed by atoms with Crippen molar-refractivity contribution in [2.24, 2.45) is 17.8 Å². The van der Waals surface area contributed by atoms with Crippen LogP contribution >= 0.6 is 0 Å². The van der Waals surface area contributed by atoms with Crippen LogP contribution in [0.4, 0.5) is 5.69 Å². The van der Waals surface area contributed by atoms with Crippen LogP contribution in [0.5, 0.6) is 0 Å². The quantitative estimate of drug-likeness (QED) is 0.0748. The summed E-state index contributed by atoms with van der Waals surface area (Å²) < 4.78 is 33.8. The number of nitrogens with zero attached hydrogens (tertiary/aromatic N) is 2. The van der Waals surface area contributed by atoms with Crippen LogP contribution in [0.25, 0.3) is 0 Å². The molecule has 1 aromatic carbocycles. The number of rotatable bonds is 21. The lowest BCUT2D eigenvalue weighted by molar-refractivity contribution is -0.776. The predicted molar refractivity (Wildman–Crippen MR) is 199 cm³/mol. The lowest BCUT2D eigenvalue weighted by atomic mass is 9.53. The van der Waals surface area contributed by atoms with Crippen molar-refractivity contribution in [3.8, 4) is 0 Å². The molecule has 0 saturated heterocycles. The van der Waals surface area contributed by atoms with Gasteiger partial charge in [-0.25, -0.2) is 8.42 Å². The molecule has 2 aromatic rings. The first-order valence-electron chi connectivity index (χ1n) is 20.0. The molecule has 4 bridgehead atoms. The molecule has 0 radical (unpaired) electrons. The topological polar surface area (TPSA) is 64.3 Å². The fourth-order valence-electron chi connectivity index (χ4n) is 9.27. The summed E-state index contributed by atoms with van der Waals surface area (Å²) in [6, 6.07) is 10.7. The number of anilines is 1. The van der Waals surface area contributed by atoms with E-state index in [1.54, 1.807) is 12.1 Å². The van der Waals surface area contributed by atoms with Gasteiger partial charge in [-0.3, -0.25) is 0 Å². The maximum absolute atomic E-state index is 10.4. The molecule has 5 nitrogen and oxygen atoms in total. The highest BCUT2D eigenvalue weighted by atomic mass is 32.2. The van der Waals surface area contributed by atoms with E-state index in [4.69, 9.17) is 0 Å². The van der Waals surface area contributed by atoms with Gasteiger partial charge in [0.25, 0.3) is 0 Å². The van der Waals surface area contributed by atoms with E-state index >= 15 is 0 Å². The third-order valence-corrected chi connectivity index (χ3v) is 12.5. The van der Waals surface area contributed by atoms with Gasteiger partial charge in [-0.1, -0.05) is 121 Å². The Morgan fingerprint density at radius 1 is 0.646 bits per heavy atom. The highest BCUT2D eigenvalue weighted by molar-refractivity contribution is 7.85. The number of unbranched alkanes of at least 4 members (excludes halogenated alkanes) is 14. The van der Waals surface area contributed by atoms with Gasteiger partial charge in [0.2, 0.25) is 0 Å². The molecule has 4 saturated carbocycles. The van der Waals surface area contributed by atoms with Crippen molar-refractivity contribution in [1.29, 1.82) is 0 Å². The molecular formula is C42H68N2O3S. The van der Waals surface area contributed by atoms with Crippen molar-refractivity contribution in [3.63, 3.8) is 0 Å². The van der Waals surface area contributed by atoms with Crippen molar-refractivity contribution in [1.82, 2.24) is 0 Å². The van der Waals surface area contributed by atoms with Gasteiger partial charge >= 0.3 is 0 Å². The van der Waals surface area contributed by atoms with Crippen LogP contribution in [-0.4, -0.2) is 26.1 Å². The highest BCUT2D eigenvalue weighted by Crippen LogP contribution is 2.56. The van der Waals surface area contributed by atoms with Gasteiger partial charge < -0.3 is 9.45 Å². The lowest BCUT2D eigenvalue weighted by Gasteiger charge is -2.53. The van der Waals surface area contributed by atoms with E-state index in [-0.39, 0.29) is 4.90 Å². The SMILES string of the molecule is CCCCCCCCCCN(CCCCCCCCCC)c1cc[n+](C23CC4CC(CC(C4)C2)C3)cc1.Cc1ccc(S(=O)(=O)[O-])cc1. The molecule has 0 atom stereocenters. The minimum Gasteiger partial charge on any atom is -0.744 e. The number of benzene rings is 1. The Balaban J connectivity index is 0.000000401. The average Bonchev–Trinajstić information content (AvgIpc) is 3.06. The Kier molecular flexibility index (Phi) is 16.2. The highest BCUT2D eigenvalue weighted by Gasteiger charge is 2.56. The number of aryl methyl sites for hydroxylation is 1. The van der Waals surface area contributed by atoms with Gasteiger partial charge in [-0.2, -0.15) is 4.57 Å². The molecular weight excluding hydrogens is 613 g/mol. The molecule has 0 N–H and O–H groups in total. The van der Waals surface area contributed by atoms with E-state index in [1.165, 1.54) is 172 Å². The zero-order valence-electron chi connectivity index (χ0n) is 30.8. The molecule has 4 aliphatic carbocycles. The minimum atomic E-state index is -4.27. The Morgan fingerprint density at radius 3 is 1.44 bits per heavy atom. The second-order valence-corrected chi connectivity index (χ2v) is 17.2. The predicted octanol–water partition coefficient (Wildman–Crippen LogP) is 10.9. The summed E-state index contributed by atoms with van der Waals surface area (Å²) in [4.78, 5) is 2.56. The van der Waals surface area contributed by atoms with E-state index in [2.05, 4.69) is 47.8 Å². The third kappa shape index (κ3) is 12.4. The summed E-state index contributed by atoms with van der Waals surface area (Å²) in [6.45, 7) is 8.94. The smallest absolute Gasteiger partial charge is 0.171 e. The van der Waals surface area contributed by atoms with E-state index in [0.717, 1.165) is 23.3 Å². The largest absolute Gasteiger partial charge is 0.744 e. The molecule has 1 aromatic heterocycles. The van der Waals surface area contributed by atoms with Crippen molar-refractivity contribution < 1.29 is 17.5 Å². The van der Waals surface area contributed by atoms with Crippen LogP contribution < -0.4 is 9.47 Å².